The molecule has 154 valence electrons. The Balaban J connectivity index is 1.33. The number of benzene rings is 2. The van der Waals surface area contributed by atoms with Gasteiger partial charge in [0, 0.05) is 18.1 Å². The van der Waals surface area contributed by atoms with E-state index < -0.39 is 18.5 Å². The number of fused-ring (bicyclic) bond motifs is 1. The summed E-state index contributed by atoms with van der Waals surface area (Å²) in [7, 11) is 0. The summed E-state index contributed by atoms with van der Waals surface area (Å²) >= 11 is 0. The standard InChI is InChI=1S/C22H18N6O3/c1-15-20(21-23-12-5-13-28(21)27-15)22(30)31-14-19(29)24-16-8-10-18(11-9-16)26-25-17-6-3-2-4-7-17/h2-13H,14H2,1H3,(H,24,29). The maximum atomic E-state index is 12.4. The summed E-state index contributed by atoms with van der Waals surface area (Å²) in [5, 5.41) is 15.2. The third-order valence-electron chi connectivity index (χ3n) is 4.30. The fourth-order valence-electron chi connectivity index (χ4n) is 2.86. The molecule has 2 aromatic carbocycles. The molecule has 0 fully saturated rings. The molecule has 9 nitrogen and oxygen atoms in total. The van der Waals surface area contributed by atoms with Crippen LogP contribution in [0.3, 0.4) is 0 Å². The second kappa shape index (κ2) is 8.95. The first kappa shape index (κ1) is 19.9. The second-order valence-corrected chi connectivity index (χ2v) is 6.56. The molecule has 2 aromatic heterocycles. The zero-order valence-electron chi connectivity index (χ0n) is 16.6. The number of aromatic nitrogens is 3. The van der Waals surface area contributed by atoms with Crippen molar-refractivity contribution >= 4 is 34.6 Å². The molecule has 0 saturated heterocycles. The minimum Gasteiger partial charge on any atom is -0.452 e. The molecule has 1 amide bonds. The van der Waals surface area contributed by atoms with Crippen molar-refractivity contribution in [1.82, 2.24) is 14.6 Å². The summed E-state index contributed by atoms with van der Waals surface area (Å²) in [6.45, 7) is 1.25. The van der Waals surface area contributed by atoms with Crippen molar-refractivity contribution in [3.8, 4) is 0 Å². The molecule has 9 heteroatoms. The number of hydrogen-bond acceptors (Lipinski definition) is 7. The van der Waals surface area contributed by atoms with E-state index in [1.54, 1.807) is 49.6 Å². The van der Waals surface area contributed by atoms with Gasteiger partial charge in [0.2, 0.25) is 0 Å². The van der Waals surface area contributed by atoms with Crippen LogP contribution in [0.15, 0.2) is 83.3 Å². The van der Waals surface area contributed by atoms with Crippen molar-refractivity contribution in [2.24, 2.45) is 10.2 Å². The molecule has 1 N–H and O–H groups in total. The lowest BCUT2D eigenvalue weighted by Gasteiger charge is -2.06. The van der Waals surface area contributed by atoms with Crippen molar-refractivity contribution < 1.29 is 14.3 Å². The molecule has 0 saturated carbocycles. The van der Waals surface area contributed by atoms with Gasteiger partial charge in [-0.1, -0.05) is 18.2 Å². The largest absolute Gasteiger partial charge is 0.452 e. The van der Waals surface area contributed by atoms with Crippen LogP contribution in [0, 0.1) is 6.92 Å². The van der Waals surface area contributed by atoms with Gasteiger partial charge in [-0.2, -0.15) is 15.3 Å². The first-order valence-corrected chi connectivity index (χ1v) is 9.44. The van der Waals surface area contributed by atoms with Gasteiger partial charge < -0.3 is 10.1 Å². The number of carbonyl (C=O) groups is 2. The van der Waals surface area contributed by atoms with Crippen LogP contribution >= 0.6 is 0 Å². The topological polar surface area (TPSA) is 110 Å². The summed E-state index contributed by atoms with van der Waals surface area (Å²) in [6, 6.07) is 17.9. The van der Waals surface area contributed by atoms with E-state index in [1.807, 2.05) is 30.3 Å². The smallest absolute Gasteiger partial charge is 0.344 e. The Kier molecular flexibility index (Phi) is 5.75. The highest BCUT2D eigenvalue weighted by Gasteiger charge is 2.20. The van der Waals surface area contributed by atoms with Gasteiger partial charge in [-0.05, 0) is 49.4 Å². The van der Waals surface area contributed by atoms with Crippen LogP contribution < -0.4 is 5.32 Å². The van der Waals surface area contributed by atoms with Crippen LogP contribution in [-0.2, 0) is 9.53 Å². The zero-order chi connectivity index (χ0) is 21.6. The third-order valence-corrected chi connectivity index (χ3v) is 4.30. The van der Waals surface area contributed by atoms with Crippen molar-refractivity contribution in [3.05, 3.63) is 84.3 Å². The molecule has 0 atom stereocenters. The van der Waals surface area contributed by atoms with Crippen LogP contribution in [0.5, 0.6) is 0 Å². The predicted molar refractivity (Wildman–Crippen MR) is 114 cm³/mol. The molecule has 2 heterocycles. The van der Waals surface area contributed by atoms with Gasteiger partial charge in [0.15, 0.2) is 12.3 Å². The number of hydrogen-bond donors (Lipinski definition) is 1. The highest BCUT2D eigenvalue weighted by atomic mass is 16.5. The maximum Gasteiger partial charge on any atom is 0.344 e. The molecular weight excluding hydrogens is 396 g/mol. The van der Waals surface area contributed by atoms with Crippen LogP contribution in [0.1, 0.15) is 16.1 Å². The molecule has 0 aliphatic heterocycles. The number of azo groups is 1. The Morgan fingerprint density at radius 3 is 2.45 bits per heavy atom. The third kappa shape index (κ3) is 4.78. The molecule has 0 unspecified atom stereocenters. The Morgan fingerprint density at radius 2 is 1.71 bits per heavy atom. The van der Waals surface area contributed by atoms with Crippen LogP contribution in [0.2, 0.25) is 0 Å². The van der Waals surface area contributed by atoms with E-state index in [-0.39, 0.29) is 5.56 Å². The van der Waals surface area contributed by atoms with E-state index in [1.165, 1.54) is 4.52 Å². The van der Waals surface area contributed by atoms with E-state index in [4.69, 9.17) is 4.74 Å². The lowest BCUT2D eigenvalue weighted by Crippen LogP contribution is -2.21. The number of amides is 1. The Bertz CT molecular complexity index is 1250. The zero-order valence-corrected chi connectivity index (χ0v) is 16.6. The predicted octanol–water partition coefficient (Wildman–Crippen LogP) is 4.25. The van der Waals surface area contributed by atoms with Crippen molar-refractivity contribution in [3.63, 3.8) is 0 Å². The molecule has 4 aromatic rings. The molecule has 0 spiro atoms. The van der Waals surface area contributed by atoms with Crippen molar-refractivity contribution in [2.45, 2.75) is 6.92 Å². The minimum absolute atomic E-state index is 0.238. The Labute approximate surface area is 177 Å². The van der Waals surface area contributed by atoms with Gasteiger partial charge in [-0.15, -0.1) is 0 Å². The van der Waals surface area contributed by atoms with E-state index in [0.717, 1.165) is 5.69 Å². The number of nitrogens with one attached hydrogen (secondary N) is 1. The number of aryl methyl sites for hydroxylation is 1. The molecule has 0 aliphatic rings. The minimum atomic E-state index is -0.655. The summed E-state index contributed by atoms with van der Waals surface area (Å²) in [6.07, 6.45) is 3.24. The fraction of sp³-hybridized carbons (Fsp3) is 0.0909. The molecule has 0 aliphatic carbocycles. The molecule has 4 rings (SSSR count). The van der Waals surface area contributed by atoms with E-state index >= 15 is 0 Å². The molecule has 0 bridgehead atoms. The number of esters is 1. The van der Waals surface area contributed by atoms with E-state index in [0.29, 0.717) is 22.7 Å². The highest BCUT2D eigenvalue weighted by Crippen LogP contribution is 2.20. The summed E-state index contributed by atoms with van der Waals surface area (Å²) in [5.41, 5.74) is 3.03. The van der Waals surface area contributed by atoms with Gasteiger partial charge in [-0.25, -0.2) is 14.3 Å². The molecule has 0 radical (unpaired) electrons. The van der Waals surface area contributed by atoms with Crippen molar-refractivity contribution in [1.29, 1.82) is 0 Å². The quantitative estimate of drug-likeness (QED) is 0.375. The normalized spacial score (nSPS) is 11.0. The van der Waals surface area contributed by atoms with Crippen molar-refractivity contribution in [2.75, 3.05) is 11.9 Å². The summed E-state index contributed by atoms with van der Waals surface area (Å²) < 4.78 is 6.63. The second-order valence-electron chi connectivity index (χ2n) is 6.56. The number of rotatable bonds is 6. The molecule has 31 heavy (non-hydrogen) atoms. The average Bonchev–Trinajstić information content (AvgIpc) is 3.13. The van der Waals surface area contributed by atoms with Crippen LogP contribution in [0.25, 0.3) is 5.65 Å². The maximum absolute atomic E-state index is 12.4. The first-order valence-electron chi connectivity index (χ1n) is 9.44. The Hall–Kier alpha value is -4.40. The van der Waals surface area contributed by atoms with Gasteiger partial charge >= 0.3 is 5.97 Å². The number of carbonyl (C=O) groups excluding carboxylic acids is 2. The summed E-state index contributed by atoms with van der Waals surface area (Å²) in [4.78, 5) is 28.7. The fourth-order valence-corrected chi connectivity index (χ4v) is 2.86. The summed E-state index contributed by atoms with van der Waals surface area (Å²) in [5.74, 6) is -1.12. The first-order chi connectivity index (χ1) is 15.1. The number of anilines is 1. The van der Waals surface area contributed by atoms with Gasteiger partial charge in [-0.3, -0.25) is 4.79 Å². The lowest BCUT2D eigenvalue weighted by atomic mass is 10.2. The lowest BCUT2D eigenvalue weighted by molar-refractivity contribution is -0.119. The van der Waals surface area contributed by atoms with Gasteiger partial charge in [0.25, 0.3) is 5.91 Å². The van der Waals surface area contributed by atoms with Gasteiger partial charge in [0.05, 0.1) is 17.1 Å². The SMILES string of the molecule is Cc1nn2cccnc2c1C(=O)OCC(=O)Nc1ccc(N=Nc2ccccc2)cc1. The monoisotopic (exact) mass is 414 g/mol. The average molecular weight is 414 g/mol. The van der Waals surface area contributed by atoms with E-state index in [9.17, 15) is 9.59 Å². The van der Waals surface area contributed by atoms with Gasteiger partial charge in [0.1, 0.15) is 5.56 Å². The molecular formula is C22H18N6O3. The number of nitrogens with zero attached hydrogens (tertiary/aromatic N) is 5. The van der Waals surface area contributed by atoms with Crippen LogP contribution in [0.4, 0.5) is 17.1 Å². The highest BCUT2D eigenvalue weighted by molar-refractivity contribution is 5.99. The van der Waals surface area contributed by atoms with E-state index in [2.05, 4.69) is 25.6 Å². The Morgan fingerprint density at radius 1 is 1.00 bits per heavy atom. The number of ether oxygens (including phenoxy) is 1. The van der Waals surface area contributed by atoms with Crippen LogP contribution in [-0.4, -0.2) is 33.1 Å².